The molecule has 2 saturated heterocycles. The fourth-order valence-electron chi connectivity index (χ4n) is 3.96. The molecule has 0 aromatic carbocycles. The Hall–Kier alpha value is -1.36. The molecule has 9 nitrogen and oxygen atoms in total. The maximum absolute atomic E-state index is 13.0. The topological polar surface area (TPSA) is 126 Å². The third-order valence-electron chi connectivity index (χ3n) is 5.13. The summed E-state index contributed by atoms with van der Waals surface area (Å²) in [5.41, 5.74) is -0.867. The van der Waals surface area contributed by atoms with E-state index in [-0.39, 0.29) is 24.4 Å². The molecule has 0 aliphatic carbocycles. The van der Waals surface area contributed by atoms with E-state index in [1.807, 2.05) is 0 Å². The second-order valence-electron chi connectivity index (χ2n) is 7.54. The molecule has 27 heavy (non-hydrogen) atoms. The van der Waals surface area contributed by atoms with Crippen molar-refractivity contribution in [2.45, 2.75) is 76.7 Å². The van der Waals surface area contributed by atoms with E-state index in [9.17, 15) is 9.59 Å². The van der Waals surface area contributed by atoms with Gasteiger partial charge in [-0.1, -0.05) is 12.8 Å². The summed E-state index contributed by atoms with van der Waals surface area (Å²) in [7, 11) is -1.34. The summed E-state index contributed by atoms with van der Waals surface area (Å²) in [6.07, 6.45) is 0.601. The number of rotatable bonds is 9. The van der Waals surface area contributed by atoms with Crippen LogP contribution >= 0.6 is 0 Å². The molecule has 4 N–H and O–H groups in total. The molecule has 0 saturated carbocycles. The van der Waals surface area contributed by atoms with E-state index in [1.165, 1.54) is 6.92 Å². The Morgan fingerprint density at radius 2 is 1.93 bits per heavy atom. The molecule has 1 unspecified atom stereocenters. The normalized spacial score (nSPS) is 27.9. The minimum Gasteiger partial charge on any atom is -0.431 e. The Morgan fingerprint density at radius 3 is 2.59 bits per heavy atom. The monoisotopic (exact) mass is 386 g/mol. The van der Waals surface area contributed by atoms with Gasteiger partial charge < -0.3 is 34.9 Å². The number of hydrogen-bond acceptors (Lipinski definition) is 9. The molecular weight excluding hydrogens is 355 g/mol. The average Bonchev–Trinajstić information content (AvgIpc) is 3.13. The number of carbonyl (C=O) groups is 2. The van der Waals surface area contributed by atoms with Crippen molar-refractivity contribution in [1.29, 1.82) is 0 Å². The third-order valence-corrected chi connectivity index (χ3v) is 5.13. The van der Waals surface area contributed by atoms with Gasteiger partial charge in [0, 0.05) is 25.4 Å². The van der Waals surface area contributed by atoms with Crippen LogP contribution in [0.3, 0.4) is 0 Å². The largest absolute Gasteiger partial charge is 0.511 e. The van der Waals surface area contributed by atoms with Crippen molar-refractivity contribution in [3.05, 3.63) is 0 Å². The van der Waals surface area contributed by atoms with Gasteiger partial charge in [-0.05, 0) is 39.6 Å². The highest BCUT2D eigenvalue weighted by Gasteiger charge is 2.55. The van der Waals surface area contributed by atoms with Crippen LogP contribution in [0, 0.1) is 5.92 Å². The van der Waals surface area contributed by atoms with Crippen molar-refractivity contribution >= 4 is 19.2 Å². The van der Waals surface area contributed by atoms with E-state index in [4.69, 9.17) is 24.3 Å². The van der Waals surface area contributed by atoms with Crippen molar-refractivity contribution in [3.63, 3.8) is 0 Å². The molecule has 2 aliphatic heterocycles. The van der Waals surface area contributed by atoms with Gasteiger partial charge in [0.2, 0.25) is 6.29 Å². The zero-order valence-corrected chi connectivity index (χ0v) is 16.3. The standard InChI is InChI=1S/C17H31BN2O7/c1-11(2)25-16(22)27-12(3)26-15(21)17(7-4-5-8-18(23)24)13-6-9-19-14(13)10-20-17/h11-14,19-20,23-24H,4-10H2,1-3H3/t12?,13-,14-,17+/m0/s1. The van der Waals surface area contributed by atoms with Gasteiger partial charge >= 0.3 is 19.2 Å². The molecule has 2 fully saturated rings. The summed E-state index contributed by atoms with van der Waals surface area (Å²) in [5.74, 6) is -0.369. The average molecular weight is 386 g/mol. The SMILES string of the molecule is CC(C)OC(=O)OC(C)OC(=O)[C@]1(CCCCB(O)O)NC[C@@H]2NCC[C@@H]21. The molecular formula is C17H31BN2O7. The fourth-order valence-corrected chi connectivity index (χ4v) is 3.96. The summed E-state index contributed by atoms with van der Waals surface area (Å²) in [5, 5.41) is 24.7. The van der Waals surface area contributed by atoms with Crippen LogP contribution in [0.15, 0.2) is 0 Å². The number of unbranched alkanes of at least 4 members (excludes halogenated alkanes) is 1. The molecule has 0 aromatic rings. The van der Waals surface area contributed by atoms with Crippen LogP contribution < -0.4 is 10.6 Å². The second-order valence-corrected chi connectivity index (χ2v) is 7.54. The Morgan fingerprint density at radius 1 is 1.19 bits per heavy atom. The van der Waals surface area contributed by atoms with Gasteiger partial charge in [0.1, 0.15) is 5.54 Å². The van der Waals surface area contributed by atoms with E-state index in [0.29, 0.717) is 25.8 Å². The smallest absolute Gasteiger partial charge is 0.431 e. The molecule has 154 valence electrons. The van der Waals surface area contributed by atoms with Gasteiger partial charge in [-0.2, -0.15) is 0 Å². The number of esters is 1. The van der Waals surface area contributed by atoms with Gasteiger partial charge in [0.05, 0.1) is 6.10 Å². The molecule has 10 heteroatoms. The molecule has 2 heterocycles. The lowest BCUT2D eigenvalue weighted by atomic mass is 9.77. The zero-order chi connectivity index (χ0) is 20.0. The van der Waals surface area contributed by atoms with Crippen LogP contribution in [0.25, 0.3) is 0 Å². The highest BCUT2D eigenvalue weighted by Crippen LogP contribution is 2.38. The quantitative estimate of drug-likeness (QED) is 0.193. The summed E-state index contributed by atoms with van der Waals surface area (Å²) >= 11 is 0. The lowest BCUT2D eigenvalue weighted by Crippen LogP contribution is -2.54. The Balaban J connectivity index is 1.98. The maximum atomic E-state index is 13.0. The lowest BCUT2D eigenvalue weighted by Gasteiger charge is -2.33. The summed E-state index contributed by atoms with van der Waals surface area (Å²) in [6.45, 7) is 6.38. The van der Waals surface area contributed by atoms with E-state index >= 15 is 0 Å². The molecule has 4 atom stereocenters. The van der Waals surface area contributed by atoms with Crippen molar-refractivity contribution in [1.82, 2.24) is 10.6 Å². The molecule has 0 spiro atoms. The number of fused-ring (bicyclic) bond motifs is 1. The fraction of sp³-hybridized carbons (Fsp3) is 0.882. The molecule has 2 aliphatic rings. The maximum Gasteiger partial charge on any atom is 0.511 e. The van der Waals surface area contributed by atoms with Crippen molar-refractivity contribution in [3.8, 4) is 0 Å². The first kappa shape index (κ1) is 21.9. The molecule has 0 amide bonds. The van der Waals surface area contributed by atoms with Crippen molar-refractivity contribution in [2.24, 2.45) is 5.92 Å². The summed E-state index contributed by atoms with van der Waals surface area (Å²) < 4.78 is 15.3. The number of ether oxygens (including phenoxy) is 3. The number of nitrogens with one attached hydrogen (secondary N) is 2. The van der Waals surface area contributed by atoms with E-state index in [1.54, 1.807) is 13.8 Å². The predicted octanol–water partition coefficient (Wildman–Crippen LogP) is 0.400. The summed E-state index contributed by atoms with van der Waals surface area (Å²) in [6, 6.07) is 0.197. The Labute approximate surface area is 160 Å². The van der Waals surface area contributed by atoms with Crippen LogP contribution in [0.4, 0.5) is 4.79 Å². The van der Waals surface area contributed by atoms with E-state index in [2.05, 4.69) is 10.6 Å². The third kappa shape index (κ3) is 5.81. The van der Waals surface area contributed by atoms with Gasteiger partial charge in [-0.25, -0.2) is 9.59 Å². The van der Waals surface area contributed by atoms with Crippen LogP contribution in [0.5, 0.6) is 0 Å². The van der Waals surface area contributed by atoms with Crippen LogP contribution in [0.2, 0.25) is 6.32 Å². The molecule has 0 bridgehead atoms. The minimum absolute atomic E-state index is 0.0823. The first-order chi connectivity index (χ1) is 12.7. The van der Waals surface area contributed by atoms with Crippen molar-refractivity contribution in [2.75, 3.05) is 13.1 Å². The van der Waals surface area contributed by atoms with Gasteiger partial charge in [-0.3, -0.25) is 0 Å². The van der Waals surface area contributed by atoms with Crippen LogP contribution in [-0.4, -0.2) is 66.4 Å². The molecule has 0 aromatic heterocycles. The van der Waals surface area contributed by atoms with Crippen molar-refractivity contribution < 1.29 is 33.8 Å². The Kier molecular flexibility index (Phi) is 7.90. The van der Waals surface area contributed by atoms with E-state index < -0.39 is 31.1 Å². The van der Waals surface area contributed by atoms with Gasteiger partial charge in [0.15, 0.2) is 0 Å². The highest BCUT2D eigenvalue weighted by molar-refractivity contribution is 6.40. The lowest BCUT2D eigenvalue weighted by molar-refractivity contribution is -0.178. The number of hydrogen-bond donors (Lipinski definition) is 4. The molecule has 0 radical (unpaired) electrons. The molecule has 2 rings (SSSR count). The zero-order valence-electron chi connectivity index (χ0n) is 16.3. The predicted molar refractivity (Wildman–Crippen MR) is 97.7 cm³/mol. The van der Waals surface area contributed by atoms with Gasteiger partial charge in [-0.15, -0.1) is 0 Å². The van der Waals surface area contributed by atoms with Gasteiger partial charge in [0.25, 0.3) is 0 Å². The highest BCUT2D eigenvalue weighted by atomic mass is 16.8. The summed E-state index contributed by atoms with van der Waals surface area (Å²) in [4.78, 5) is 24.6. The van der Waals surface area contributed by atoms with E-state index in [0.717, 1.165) is 13.0 Å². The second kappa shape index (κ2) is 9.72. The number of carbonyl (C=O) groups excluding carboxylic acids is 2. The first-order valence-corrected chi connectivity index (χ1v) is 9.67. The minimum atomic E-state index is -1.34. The first-order valence-electron chi connectivity index (χ1n) is 9.67. The van der Waals surface area contributed by atoms with Crippen LogP contribution in [-0.2, 0) is 19.0 Å². The Bertz CT molecular complexity index is 520. The van der Waals surface area contributed by atoms with Crippen LogP contribution in [0.1, 0.15) is 46.5 Å².